The molecular formula is C16H16N2. The van der Waals surface area contributed by atoms with Crippen LogP contribution in [0.1, 0.15) is 18.1 Å². The van der Waals surface area contributed by atoms with Gasteiger partial charge >= 0.3 is 0 Å². The summed E-state index contributed by atoms with van der Waals surface area (Å²) in [5.74, 6) is 0.978. The van der Waals surface area contributed by atoms with Gasteiger partial charge in [-0.15, -0.1) is 0 Å². The lowest BCUT2D eigenvalue weighted by molar-refractivity contribution is 1.12. The molecule has 1 heterocycles. The smallest absolute Gasteiger partial charge is 0.139 e. The molecular weight excluding hydrogens is 220 g/mol. The number of nitrogens with zero attached hydrogens (tertiary/aromatic N) is 1. The Bertz CT molecular complexity index is 662. The molecule has 0 aliphatic carbocycles. The number of aryl methyl sites for hydroxylation is 2. The molecule has 0 atom stereocenters. The summed E-state index contributed by atoms with van der Waals surface area (Å²) < 4.78 is 0. The third kappa shape index (κ3) is 1.70. The van der Waals surface area contributed by atoms with Crippen molar-refractivity contribution in [3.05, 3.63) is 53.6 Å². The van der Waals surface area contributed by atoms with Crippen molar-refractivity contribution < 1.29 is 0 Å². The van der Waals surface area contributed by atoms with E-state index in [1.54, 1.807) is 0 Å². The molecule has 2 aromatic carbocycles. The molecule has 0 aliphatic heterocycles. The Hall–Kier alpha value is -2.09. The van der Waals surface area contributed by atoms with Crippen molar-refractivity contribution in [1.29, 1.82) is 0 Å². The highest BCUT2D eigenvalue weighted by Gasteiger charge is 2.10. The quantitative estimate of drug-likeness (QED) is 0.713. The second kappa shape index (κ2) is 4.30. The predicted molar refractivity (Wildman–Crippen MR) is 75.6 cm³/mol. The summed E-state index contributed by atoms with van der Waals surface area (Å²) in [7, 11) is 0. The summed E-state index contributed by atoms with van der Waals surface area (Å²) in [5.41, 5.74) is 5.98. The van der Waals surface area contributed by atoms with E-state index in [2.05, 4.69) is 43.1 Å². The molecule has 2 heteroatoms. The maximum Gasteiger partial charge on any atom is 0.139 e. The van der Waals surface area contributed by atoms with Gasteiger partial charge in [-0.1, -0.05) is 37.3 Å². The Kier molecular flexibility index (Phi) is 2.63. The molecule has 90 valence electrons. The molecule has 0 unspecified atom stereocenters. The molecule has 0 fully saturated rings. The number of aromatic amines is 1. The minimum Gasteiger partial charge on any atom is -0.338 e. The Morgan fingerprint density at radius 3 is 2.67 bits per heavy atom. The maximum absolute atomic E-state index is 4.70. The van der Waals surface area contributed by atoms with Crippen LogP contribution in [0.3, 0.4) is 0 Å². The summed E-state index contributed by atoms with van der Waals surface area (Å²) in [6.07, 6.45) is 1.02. The van der Waals surface area contributed by atoms with Gasteiger partial charge in [0.25, 0.3) is 0 Å². The lowest BCUT2D eigenvalue weighted by atomic mass is 10.00. The van der Waals surface area contributed by atoms with E-state index in [1.807, 2.05) is 18.2 Å². The number of nitrogens with one attached hydrogen (secondary N) is 1. The Labute approximate surface area is 107 Å². The van der Waals surface area contributed by atoms with Gasteiger partial charge in [-0.05, 0) is 36.6 Å². The van der Waals surface area contributed by atoms with Crippen molar-refractivity contribution in [2.75, 3.05) is 0 Å². The molecule has 3 aromatic rings. The van der Waals surface area contributed by atoms with Gasteiger partial charge in [-0.3, -0.25) is 0 Å². The number of imidazole rings is 1. The van der Waals surface area contributed by atoms with Crippen LogP contribution >= 0.6 is 0 Å². The molecule has 0 bridgehead atoms. The third-order valence-electron chi connectivity index (χ3n) is 3.37. The van der Waals surface area contributed by atoms with E-state index >= 15 is 0 Å². The Morgan fingerprint density at radius 2 is 1.89 bits per heavy atom. The van der Waals surface area contributed by atoms with Gasteiger partial charge in [0, 0.05) is 5.56 Å². The van der Waals surface area contributed by atoms with Crippen LogP contribution in [0.5, 0.6) is 0 Å². The van der Waals surface area contributed by atoms with Crippen molar-refractivity contribution in [3.8, 4) is 11.4 Å². The summed E-state index contributed by atoms with van der Waals surface area (Å²) in [4.78, 5) is 8.11. The number of benzene rings is 2. The second-order valence-corrected chi connectivity index (χ2v) is 4.57. The van der Waals surface area contributed by atoms with Gasteiger partial charge in [-0.25, -0.2) is 4.98 Å². The zero-order valence-electron chi connectivity index (χ0n) is 10.7. The van der Waals surface area contributed by atoms with Crippen LogP contribution in [0.4, 0.5) is 0 Å². The van der Waals surface area contributed by atoms with Crippen molar-refractivity contribution in [3.63, 3.8) is 0 Å². The van der Waals surface area contributed by atoms with Gasteiger partial charge in [0.1, 0.15) is 5.82 Å². The molecule has 1 N–H and O–H groups in total. The molecule has 1 aromatic heterocycles. The molecule has 0 saturated heterocycles. The fraction of sp³-hybridized carbons (Fsp3) is 0.188. The fourth-order valence-electron chi connectivity index (χ4n) is 2.43. The van der Waals surface area contributed by atoms with E-state index in [9.17, 15) is 0 Å². The van der Waals surface area contributed by atoms with E-state index in [0.29, 0.717) is 0 Å². The zero-order chi connectivity index (χ0) is 12.5. The molecule has 18 heavy (non-hydrogen) atoms. The van der Waals surface area contributed by atoms with E-state index in [4.69, 9.17) is 4.98 Å². The monoisotopic (exact) mass is 236 g/mol. The lowest BCUT2D eigenvalue weighted by Crippen LogP contribution is -1.92. The SMILES string of the molecule is CCc1cccc(C)c1-c1nc2ccccc2[nH]1. The number of para-hydroxylation sites is 2. The van der Waals surface area contributed by atoms with Crippen molar-refractivity contribution in [2.45, 2.75) is 20.3 Å². The average Bonchev–Trinajstić information content (AvgIpc) is 2.81. The molecule has 0 radical (unpaired) electrons. The average molecular weight is 236 g/mol. The molecule has 3 rings (SSSR count). The minimum atomic E-state index is 0.978. The van der Waals surface area contributed by atoms with Crippen LogP contribution in [-0.2, 0) is 6.42 Å². The lowest BCUT2D eigenvalue weighted by Gasteiger charge is -2.08. The normalized spacial score (nSPS) is 11.0. The van der Waals surface area contributed by atoms with Gasteiger partial charge in [0.15, 0.2) is 0 Å². The summed E-state index contributed by atoms with van der Waals surface area (Å²) in [5, 5.41) is 0. The third-order valence-corrected chi connectivity index (χ3v) is 3.37. The molecule has 2 nitrogen and oxygen atoms in total. The standard InChI is InChI=1S/C16H16N2/c1-3-12-8-6-7-11(2)15(12)16-17-13-9-4-5-10-14(13)18-16/h4-10H,3H2,1-2H3,(H,17,18). The first kappa shape index (κ1) is 11.0. The van der Waals surface area contributed by atoms with Crippen molar-refractivity contribution >= 4 is 11.0 Å². The fourth-order valence-corrected chi connectivity index (χ4v) is 2.43. The van der Waals surface area contributed by atoms with E-state index in [-0.39, 0.29) is 0 Å². The number of fused-ring (bicyclic) bond motifs is 1. The van der Waals surface area contributed by atoms with Gasteiger partial charge in [-0.2, -0.15) is 0 Å². The van der Waals surface area contributed by atoms with E-state index < -0.39 is 0 Å². The predicted octanol–water partition coefficient (Wildman–Crippen LogP) is 4.10. The summed E-state index contributed by atoms with van der Waals surface area (Å²) in [6.45, 7) is 4.32. The first-order chi connectivity index (χ1) is 8.79. The molecule has 0 amide bonds. The Morgan fingerprint density at radius 1 is 1.06 bits per heavy atom. The largest absolute Gasteiger partial charge is 0.338 e. The van der Waals surface area contributed by atoms with Crippen molar-refractivity contribution in [2.24, 2.45) is 0 Å². The number of hydrogen-bond donors (Lipinski definition) is 1. The number of rotatable bonds is 2. The molecule has 0 aliphatic rings. The highest BCUT2D eigenvalue weighted by Crippen LogP contribution is 2.27. The van der Waals surface area contributed by atoms with E-state index in [1.165, 1.54) is 16.7 Å². The number of aromatic nitrogens is 2. The Balaban J connectivity index is 2.25. The van der Waals surface area contributed by atoms with E-state index in [0.717, 1.165) is 23.3 Å². The van der Waals surface area contributed by atoms with Gasteiger partial charge in [0.2, 0.25) is 0 Å². The van der Waals surface area contributed by atoms with Crippen LogP contribution in [0.15, 0.2) is 42.5 Å². The van der Waals surface area contributed by atoms with Crippen LogP contribution in [0.25, 0.3) is 22.4 Å². The molecule has 0 saturated carbocycles. The number of hydrogen-bond acceptors (Lipinski definition) is 1. The maximum atomic E-state index is 4.70. The number of H-pyrrole nitrogens is 1. The van der Waals surface area contributed by atoms with Crippen LogP contribution in [-0.4, -0.2) is 9.97 Å². The highest BCUT2D eigenvalue weighted by molar-refractivity contribution is 5.80. The minimum absolute atomic E-state index is 0.978. The first-order valence-corrected chi connectivity index (χ1v) is 6.33. The van der Waals surface area contributed by atoms with Crippen LogP contribution in [0.2, 0.25) is 0 Å². The van der Waals surface area contributed by atoms with Crippen molar-refractivity contribution in [1.82, 2.24) is 9.97 Å². The highest BCUT2D eigenvalue weighted by atomic mass is 14.9. The topological polar surface area (TPSA) is 28.7 Å². The first-order valence-electron chi connectivity index (χ1n) is 6.33. The van der Waals surface area contributed by atoms with Gasteiger partial charge < -0.3 is 4.98 Å². The summed E-state index contributed by atoms with van der Waals surface area (Å²) in [6, 6.07) is 14.6. The van der Waals surface area contributed by atoms with Crippen LogP contribution in [0, 0.1) is 6.92 Å². The molecule has 0 spiro atoms. The van der Waals surface area contributed by atoms with Crippen LogP contribution < -0.4 is 0 Å². The zero-order valence-corrected chi connectivity index (χ0v) is 10.7. The second-order valence-electron chi connectivity index (χ2n) is 4.57. The summed E-state index contributed by atoms with van der Waals surface area (Å²) >= 11 is 0. The van der Waals surface area contributed by atoms with Gasteiger partial charge in [0.05, 0.1) is 11.0 Å².